The van der Waals surface area contributed by atoms with Crippen LogP contribution in [0.4, 0.5) is 4.79 Å². The molecule has 1 N–H and O–H groups in total. The molecule has 0 radical (unpaired) electrons. The van der Waals surface area contributed by atoms with E-state index in [0.29, 0.717) is 31.7 Å². The molecule has 8 heteroatoms. The molecule has 25 heavy (non-hydrogen) atoms. The van der Waals surface area contributed by atoms with Gasteiger partial charge in [-0.3, -0.25) is 9.48 Å². The number of urea groups is 1. The van der Waals surface area contributed by atoms with Crippen molar-refractivity contribution in [2.45, 2.75) is 44.9 Å². The molecule has 0 spiro atoms. The number of nitrogens with zero attached hydrogens (tertiary/aromatic N) is 4. The van der Waals surface area contributed by atoms with Gasteiger partial charge in [0, 0.05) is 45.5 Å². The van der Waals surface area contributed by atoms with Gasteiger partial charge in [0.1, 0.15) is 0 Å². The molecule has 0 aliphatic carbocycles. The highest BCUT2D eigenvalue weighted by atomic mass is 16.5. The number of carbonyl (C=O) groups excluding carboxylic acids is 2. The molecule has 2 atom stereocenters. The van der Waals surface area contributed by atoms with Crippen LogP contribution in [0.15, 0.2) is 12.4 Å². The van der Waals surface area contributed by atoms with Crippen LogP contribution < -0.4 is 5.32 Å². The molecule has 8 nitrogen and oxygen atoms in total. The normalized spacial score (nSPS) is 25.1. The van der Waals surface area contributed by atoms with Crippen LogP contribution in [-0.2, 0) is 11.8 Å². The predicted molar refractivity (Wildman–Crippen MR) is 92.2 cm³/mol. The number of nitrogens with one attached hydrogen (secondary N) is 1. The zero-order chi connectivity index (χ0) is 18.0. The van der Waals surface area contributed by atoms with E-state index < -0.39 is 0 Å². The van der Waals surface area contributed by atoms with E-state index in [4.69, 9.17) is 4.74 Å². The van der Waals surface area contributed by atoms with E-state index in [9.17, 15) is 9.59 Å². The number of hydrogen-bond acceptors (Lipinski definition) is 4. The lowest BCUT2D eigenvalue weighted by Crippen LogP contribution is -2.55. The number of amides is 3. The predicted octanol–water partition coefficient (Wildman–Crippen LogP) is 0.844. The lowest BCUT2D eigenvalue weighted by atomic mass is 10.0. The summed E-state index contributed by atoms with van der Waals surface area (Å²) < 4.78 is 7.30. The average molecular weight is 349 g/mol. The Kier molecular flexibility index (Phi) is 5.27. The summed E-state index contributed by atoms with van der Waals surface area (Å²) in [6, 6.07) is 0.179. The molecule has 2 saturated heterocycles. The lowest BCUT2D eigenvalue weighted by Gasteiger charge is -2.40. The molecule has 0 bridgehead atoms. The van der Waals surface area contributed by atoms with Crippen molar-refractivity contribution in [2.75, 3.05) is 26.2 Å². The van der Waals surface area contributed by atoms with Crippen LogP contribution in [0.1, 0.15) is 37.0 Å². The van der Waals surface area contributed by atoms with Gasteiger partial charge in [-0.1, -0.05) is 0 Å². The van der Waals surface area contributed by atoms with Gasteiger partial charge in [-0.2, -0.15) is 5.10 Å². The third-order valence-electron chi connectivity index (χ3n) is 4.76. The lowest BCUT2D eigenvalue weighted by molar-refractivity contribution is -0.0587. The molecule has 1 aromatic heterocycles. The van der Waals surface area contributed by atoms with Crippen molar-refractivity contribution in [1.82, 2.24) is 24.9 Å². The highest BCUT2D eigenvalue weighted by Crippen LogP contribution is 2.17. The van der Waals surface area contributed by atoms with Gasteiger partial charge < -0.3 is 19.9 Å². The van der Waals surface area contributed by atoms with Gasteiger partial charge in [-0.15, -0.1) is 0 Å². The van der Waals surface area contributed by atoms with E-state index in [1.165, 1.54) is 0 Å². The standard InChI is InChI=1S/C17H27N5O3/c1-12-9-22(10-13(2)25-12)17(24)21-6-4-15(5-7-21)19-16(23)14-8-18-20(3)11-14/h8,11-13,15H,4-7,9-10H2,1-3H3,(H,19,23)/t12-,13+. The second-order valence-corrected chi connectivity index (χ2v) is 7.08. The Balaban J connectivity index is 1.48. The quantitative estimate of drug-likeness (QED) is 0.858. The summed E-state index contributed by atoms with van der Waals surface area (Å²) in [4.78, 5) is 28.7. The average Bonchev–Trinajstić information content (AvgIpc) is 3.00. The van der Waals surface area contributed by atoms with Crippen molar-refractivity contribution >= 4 is 11.9 Å². The summed E-state index contributed by atoms with van der Waals surface area (Å²) in [7, 11) is 1.79. The zero-order valence-corrected chi connectivity index (χ0v) is 15.1. The van der Waals surface area contributed by atoms with Crippen LogP contribution >= 0.6 is 0 Å². The van der Waals surface area contributed by atoms with E-state index in [2.05, 4.69) is 10.4 Å². The number of likely N-dealkylation sites (tertiary alicyclic amines) is 1. The van der Waals surface area contributed by atoms with Crippen LogP contribution in [0, 0.1) is 0 Å². The van der Waals surface area contributed by atoms with Crippen molar-refractivity contribution in [3.8, 4) is 0 Å². The van der Waals surface area contributed by atoms with Crippen molar-refractivity contribution in [2.24, 2.45) is 7.05 Å². The highest BCUT2D eigenvalue weighted by molar-refractivity contribution is 5.93. The van der Waals surface area contributed by atoms with Crippen LogP contribution in [0.5, 0.6) is 0 Å². The van der Waals surface area contributed by atoms with E-state index in [-0.39, 0.29) is 30.2 Å². The summed E-state index contributed by atoms with van der Waals surface area (Å²) in [5.41, 5.74) is 0.567. The van der Waals surface area contributed by atoms with Gasteiger partial charge in [0.15, 0.2) is 0 Å². The molecular formula is C17H27N5O3. The van der Waals surface area contributed by atoms with E-state index in [0.717, 1.165) is 12.8 Å². The Hall–Kier alpha value is -2.09. The van der Waals surface area contributed by atoms with Crippen LogP contribution in [0.3, 0.4) is 0 Å². The van der Waals surface area contributed by atoms with Crippen molar-refractivity contribution < 1.29 is 14.3 Å². The Morgan fingerprint density at radius 1 is 1.16 bits per heavy atom. The summed E-state index contributed by atoms with van der Waals surface area (Å²) in [6.07, 6.45) is 4.96. The maximum absolute atomic E-state index is 12.7. The Labute approximate surface area is 148 Å². The molecular weight excluding hydrogens is 322 g/mol. The number of rotatable bonds is 2. The molecule has 0 saturated carbocycles. The minimum Gasteiger partial charge on any atom is -0.372 e. The zero-order valence-electron chi connectivity index (χ0n) is 15.1. The minimum absolute atomic E-state index is 0.0732. The first-order chi connectivity index (χ1) is 11.9. The van der Waals surface area contributed by atoms with Gasteiger partial charge in [0.2, 0.25) is 0 Å². The highest BCUT2D eigenvalue weighted by Gasteiger charge is 2.31. The third kappa shape index (κ3) is 4.31. The van der Waals surface area contributed by atoms with Crippen LogP contribution in [-0.4, -0.2) is 75.9 Å². The molecule has 3 rings (SSSR count). The number of morpholine rings is 1. The van der Waals surface area contributed by atoms with Gasteiger partial charge >= 0.3 is 6.03 Å². The second kappa shape index (κ2) is 7.43. The molecule has 3 heterocycles. The Bertz CT molecular complexity index is 614. The first kappa shape index (κ1) is 17.7. The maximum Gasteiger partial charge on any atom is 0.320 e. The molecule has 2 fully saturated rings. The first-order valence-electron chi connectivity index (χ1n) is 8.91. The van der Waals surface area contributed by atoms with Gasteiger partial charge in [0.25, 0.3) is 5.91 Å². The van der Waals surface area contributed by atoms with Gasteiger partial charge in [-0.25, -0.2) is 4.79 Å². The van der Waals surface area contributed by atoms with E-state index in [1.807, 2.05) is 23.6 Å². The van der Waals surface area contributed by atoms with Crippen LogP contribution in [0.25, 0.3) is 0 Å². The molecule has 3 amide bonds. The van der Waals surface area contributed by atoms with Crippen LogP contribution in [0.2, 0.25) is 0 Å². The van der Waals surface area contributed by atoms with E-state index >= 15 is 0 Å². The molecule has 2 aliphatic rings. The van der Waals surface area contributed by atoms with Crippen molar-refractivity contribution in [1.29, 1.82) is 0 Å². The largest absolute Gasteiger partial charge is 0.372 e. The smallest absolute Gasteiger partial charge is 0.320 e. The fraction of sp³-hybridized carbons (Fsp3) is 0.706. The monoisotopic (exact) mass is 349 g/mol. The fourth-order valence-electron chi connectivity index (χ4n) is 3.56. The summed E-state index contributed by atoms with van der Waals surface area (Å²) in [5, 5.41) is 7.05. The third-order valence-corrected chi connectivity index (χ3v) is 4.76. The topological polar surface area (TPSA) is 79.7 Å². The number of hydrogen-bond donors (Lipinski definition) is 1. The van der Waals surface area contributed by atoms with E-state index in [1.54, 1.807) is 24.1 Å². The Morgan fingerprint density at radius 3 is 2.36 bits per heavy atom. The Morgan fingerprint density at radius 2 is 1.80 bits per heavy atom. The maximum atomic E-state index is 12.7. The van der Waals surface area contributed by atoms with Gasteiger partial charge in [-0.05, 0) is 26.7 Å². The minimum atomic E-state index is -0.103. The molecule has 1 aromatic rings. The molecule has 2 aliphatic heterocycles. The fourth-order valence-corrected chi connectivity index (χ4v) is 3.56. The first-order valence-corrected chi connectivity index (χ1v) is 8.91. The number of aryl methyl sites for hydroxylation is 1. The molecule has 0 unspecified atom stereocenters. The SMILES string of the molecule is C[C@@H]1CN(C(=O)N2CCC(NC(=O)c3cnn(C)c3)CC2)C[C@H](C)O1. The van der Waals surface area contributed by atoms with Crippen molar-refractivity contribution in [3.05, 3.63) is 18.0 Å². The number of aromatic nitrogens is 2. The van der Waals surface area contributed by atoms with Gasteiger partial charge in [0.05, 0.1) is 24.0 Å². The summed E-state index contributed by atoms with van der Waals surface area (Å²) >= 11 is 0. The number of ether oxygens (including phenoxy) is 1. The number of carbonyl (C=O) groups is 2. The second-order valence-electron chi connectivity index (χ2n) is 7.08. The summed E-state index contributed by atoms with van der Waals surface area (Å²) in [5.74, 6) is -0.103. The number of piperidine rings is 1. The summed E-state index contributed by atoms with van der Waals surface area (Å²) in [6.45, 7) is 6.60. The van der Waals surface area contributed by atoms with Crippen molar-refractivity contribution in [3.63, 3.8) is 0 Å². The molecule has 138 valence electrons. The molecule has 0 aromatic carbocycles.